The molecule has 3 nitrogen and oxygen atoms in total. The topological polar surface area (TPSA) is 18.5 Å². The van der Waals surface area contributed by atoms with Gasteiger partial charge in [-0.3, -0.25) is 0 Å². The molecule has 0 aromatic heterocycles. The van der Waals surface area contributed by atoms with Gasteiger partial charge in [-0.2, -0.15) is 0 Å². The normalized spacial score (nSPS) is 13.8. The zero-order valence-corrected chi connectivity index (χ0v) is 13.5. The van der Waals surface area contributed by atoms with Gasteiger partial charge in [0.1, 0.15) is 0 Å². The van der Waals surface area contributed by atoms with Crippen LogP contribution in [-0.2, 0) is 0 Å². The monoisotopic (exact) mass is 257 g/mol. The first kappa shape index (κ1) is 17.9. The molecule has 0 saturated carbocycles. The maximum Gasteiger partial charge on any atom is 0.0109 e. The van der Waals surface area contributed by atoms with Crippen LogP contribution in [0.5, 0.6) is 0 Å². The molecular weight excluding hydrogens is 222 g/mol. The van der Waals surface area contributed by atoms with Gasteiger partial charge < -0.3 is 15.1 Å². The third-order valence-corrected chi connectivity index (χ3v) is 3.15. The van der Waals surface area contributed by atoms with Gasteiger partial charge >= 0.3 is 0 Å². The molecule has 0 amide bonds. The van der Waals surface area contributed by atoms with Crippen LogP contribution in [0, 0.1) is 5.92 Å². The molecule has 110 valence electrons. The molecule has 0 radical (unpaired) electrons. The van der Waals surface area contributed by atoms with Gasteiger partial charge in [0.25, 0.3) is 0 Å². The second-order valence-corrected chi connectivity index (χ2v) is 6.10. The Labute approximate surface area is 115 Å². The van der Waals surface area contributed by atoms with E-state index >= 15 is 0 Å². The van der Waals surface area contributed by atoms with Crippen LogP contribution in [0.3, 0.4) is 0 Å². The van der Waals surface area contributed by atoms with Gasteiger partial charge in [-0.05, 0) is 52.9 Å². The van der Waals surface area contributed by atoms with E-state index < -0.39 is 0 Å². The van der Waals surface area contributed by atoms with E-state index in [1.807, 2.05) is 0 Å². The smallest absolute Gasteiger partial charge is 0.0109 e. The highest BCUT2D eigenvalue weighted by Crippen LogP contribution is 2.03. The first-order valence-corrected chi connectivity index (χ1v) is 7.56. The molecule has 0 aliphatic rings. The van der Waals surface area contributed by atoms with Gasteiger partial charge in [0.2, 0.25) is 0 Å². The van der Waals surface area contributed by atoms with Gasteiger partial charge in [0, 0.05) is 25.7 Å². The quantitative estimate of drug-likeness (QED) is 0.613. The van der Waals surface area contributed by atoms with Crippen molar-refractivity contribution in [1.29, 1.82) is 0 Å². The lowest BCUT2D eigenvalue weighted by Gasteiger charge is -2.26. The van der Waals surface area contributed by atoms with E-state index in [1.165, 1.54) is 32.5 Å². The van der Waals surface area contributed by atoms with E-state index in [-0.39, 0.29) is 0 Å². The summed E-state index contributed by atoms with van der Waals surface area (Å²) in [6.07, 6.45) is 2.58. The van der Waals surface area contributed by atoms with Crippen molar-refractivity contribution in [2.24, 2.45) is 5.92 Å². The van der Waals surface area contributed by atoms with Crippen molar-refractivity contribution in [2.45, 2.75) is 46.6 Å². The number of hydrogen-bond donors (Lipinski definition) is 1. The van der Waals surface area contributed by atoms with Crippen molar-refractivity contribution in [2.75, 3.05) is 46.8 Å². The van der Waals surface area contributed by atoms with Gasteiger partial charge in [-0.15, -0.1) is 0 Å². The second-order valence-electron chi connectivity index (χ2n) is 6.10. The molecule has 3 heteroatoms. The zero-order chi connectivity index (χ0) is 14.0. The molecule has 0 aliphatic heterocycles. The van der Waals surface area contributed by atoms with Crippen LogP contribution in [0.2, 0.25) is 0 Å². The molecule has 0 aromatic rings. The summed E-state index contributed by atoms with van der Waals surface area (Å²) in [6, 6.07) is 0.657. The van der Waals surface area contributed by atoms with Crippen LogP contribution in [0.4, 0.5) is 0 Å². The van der Waals surface area contributed by atoms with E-state index in [9.17, 15) is 0 Å². The first-order chi connectivity index (χ1) is 8.45. The Morgan fingerprint density at radius 1 is 1.00 bits per heavy atom. The first-order valence-electron chi connectivity index (χ1n) is 7.56. The highest BCUT2D eigenvalue weighted by molar-refractivity contribution is 4.65. The largest absolute Gasteiger partial charge is 0.315 e. The van der Waals surface area contributed by atoms with Crippen LogP contribution in [0.1, 0.15) is 40.5 Å². The summed E-state index contributed by atoms with van der Waals surface area (Å²) in [4.78, 5) is 4.89. The Morgan fingerprint density at radius 2 is 1.67 bits per heavy atom. The van der Waals surface area contributed by atoms with Crippen molar-refractivity contribution in [3.05, 3.63) is 0 Å². The fraction of sp³-hybridized carbons (Fsp3) is 1.00. The summed E-state index contributed by atoms with van der Waals surface area (Å²) in [6.45, 7) is 15.0. The van der Waals surface area contributed by atoms with E-state index in [0.29, 0.717) is 6.04 Å². The molecule has 0 fully saturated rings. The van der Waals surface area contributed by atoms with E-state index in [4.69, 9.17) is 0 Å². The predicted molar refractivity (Wildman–Crippen MR) is 82.2 cm³/mol. The summed E-state index contributed by atoms with van der Waals surface area (Å²) in [5, 5.41) is 3.48. The van der Waals surface area contributed by atoms with E-state index in [0.717, 1.165) is 19.0 Å². The van der Waals surface area contributed by atoms with Crippen LogP contribution in [0.15, 0.2) is 0 Å². The molecule has 1 N–H and O–H groups in total. The highest BCUT2D eigenvalue weighted by Gasteiger charge is 2.08. The van der Waals surface area contributed by atoms with Crippen molar-refractivity contribution < 1.29 is 0 Å². The lowest BCUT2D eigenvalue weighted by Crippen LogP contribution is -2.36. The number of nitrogens with one attached hydrogen (secondary N) is 1. The zero-order valence-electron chi connectivity index (χ0n) is 13.5. The Kier molecular flexibility index (Phi) is 10.7. The Morgan fingerprint density at radius 3 is 2.17 bits per heavy atom. The highest BCUT2D eigenvalue weighted by atomic mass is 15.2. The van der Waals surface area contributed by atoms with Crippen LogP contribution in [0.25, 0.3) is 0 Å². The van der Waals surface area contributed by atoms with Crippen LogP contribution < -0.4 is 5.32 Å². The molecule has 0 heterocycles. The summed E-state index contributed by atoms with van der Waals surface area (Å²) < 4.78 is 0. The molecule has 1 atom stereocenters. The molecule has 18 heavy (non-hydrogen) atoms. The molecule has 0 saturated heterocycles. The average Bonchev–Trinajstić information content (AvgIpc) is 2.25. The minimum atomic E-state index is 0.657. The molecular formula is C15H35N3. The van der Waals surface area contributed by atoms with E-state index in [2.05, 4.69) is 56.9 Å². The van der Waals surface area contributed by atoms with Crippen molar-refractivity contribution in [3.63, 3.8) is 0 Å². The van der Waals surface area contributed by atoms with Crippen molar-refractivity contribution in [3.8, 4) is 0 Å². The van der Waals surface area contributed by atoms with Gasteiger partial charge in [-0.1, -0.05) is 20.8 Å². The molecule has 0 aliphatic carbocycles. The Hall–Kier alpha value is -0.120. The average molecular weight is 257 g/mol. The summed E-state index contributed by atoms with van der Waals surface area (Å²) in [5.74, 6) is 0.762. The fourth-order valence-electron chi connectivity index (χ4n) is 2.22. The van der Waals surface area contributed by atoms with Crippen molar-refractivity contribution >= 4 is 0 Å². The molecule has 0 rings (SSSR count). The van der Waals surface area contributed by atoms with Crippen LogP contribution in [-0.4, -0.2) is 62.7 Å². The summed E-state index contributed by atoms with van der Waals surface area (Å²) in [7, 11) is 4.31. The van der Waals surface area contributed by atoms with Crippen molar-refractivity contribution in [1.82, 2.24) is 15.1 Å². The third kappa shape index (κ3) is 11.0. The summed E-state index contributed by atoms with van der Waals surface area (Å²) >= 11 is 0. The molecule has 0 spiro atoms. The number of likely N-dealkylation sites (N-methyl/N-ethyl adjacent to an activating group) is 1. The molecule has 0 aromatic carbocycles. The maximum atomic E-state index is 3.48. The maximum absolute atomic E-state index is 3.48. The third-order valence-electron chi connectivity index (χ3n) is 3.15. The minimum Gasteiger partial charge on any atom is -0.315 e. The van der Waals surface area contributed by atoms with Gasteiger partial charge in [0.05, 0.1) is 0 Å². The number of rotatable bonds is 11. The number of hydrogen-bond acceptors (Lipinski definition) is 3. The standard InChI is InChI=1S/C15H35N3/c1-7-16-15(4)9-8-10-18(13-14(2)3)12-11-17(5)6/h14-16H,7-13H2,1-6H3. The lowest BCUT2D eigenvalue weighted by molar-refractivity contribution is 0.213. The predicted octanol–water partition coefficient (Wildman–Crippen LogP) is 2.28. The molecule has 1 unspecified atom stereocenters. The number of nitrogens with zero attached hydrogens (tertiary/aromatic N) is 2. The minimum absolute atomic E-state index is 0.657. The van der Waals surface area contributed by atoms with Gasteiger partial charge in [0.15, 0.2) is 0 Å². The Bertz CT molecular complexity index is 181. The second kappa shape index (κ2) is 10.8. The fourth-order valence-corrected chi connectivity index (χ4v) is 2.22. The Balaban J connectivity index is 3.85. The SMILES string of the molecule is CCNC(C)CCCN(CCN(C)C)CC(C)C. The summed E-state index contributed by atoms with van der Waals surface area (Å²) in [5.41, 5.74) is 0. The van der Waals surface area contributed by atoms with E-state index in [1.54, 1.807) is 0 Å². The van der Waals surface area contributed by atoms with Crippen LogP contribution >= 0.6 is 0 Å². The lowest BCUT2D eigenvalue weighted by atomic mass is 10.1. The van der Waals surface area contributed by atoms with Gasteiger partial charge in [-0.25, -0.2) is 0 Å². The molecule has 0 bridgehead atoms.